The molecule has 0 saturated carbocycles. The molecule has 0 N–H and O–H groups in total. The summed E-state index contributed by atoms with van der Waals surface area (Å²) in [6, 6.07) is 0. The van der Waals surface area contributed by atoms with Gasteiger partial charge in [-0.1, -0.05) is 13.3 Å². The molecule has 0 rings (SSSR count). The topological polar surface area (TPSA) is 9.23 Å². The van der Waals surface area contributed by atoms with E-state index >= 15 is 0 Å². The molecule has 0 bridgehead atoms. The highest BCUT2D eigenvalue weighted by atomic mass is 32.1. The number of thiol groups is 1. The van der Waals surface area contributed by atoms with E-state index in [9.17, 15) is 0 Å². The molecule has 0 aliphatic heterocycles. The van der Waals surface area contributed by atoms with Gasteiger partial charge in [-0.2, -0.15) is 12.6 Å². The highest BCUT2D eigenvalue weighted by Gasteiger charge is 1.84. The van der Waals surface area contributed by atoms with Crippen LogP contribution in [0.15, 0.2) is 0 Å². The average Bonchev–Trinajstić information content (AvgIpc) is 1.89. The first-order chi connectivity index (χ1) is 4.41. The minimum Gasteiger partial charge on any atom is -0.381 e. The SMILES string of the molecule is CCCCOCCCS. The van der Waals surface area contributed by atoms with E-state index in [1.807, 2.05) is 0 Å². The van der Waals surface area contributed by atoms with E-state index in [0.717, 1.165) is 25.4 Å². The van der Waals surface area contributed by atoms with E-state index in [0.29, 0.717) is 0 Å². The van der Waals surface area contributed by atoms with Gasteiger partial charge in [-0.05, 0) is 18.6 Å². The maximum absolute atomic E-state index is 5.27. The first-order valence-corrected chi connectivity index (χ1v) is 4.23. The number of hydrogen-bond donors (Lipinski definition) is 1. The largest absolute Gasteiger partial charge is 0.381 e. The molecular formula is C7H16OS. The minimum absolute atomic E-state index is 0.878. The van der Waals surface area contributed by atoms with Crippen molar-refractivity contribution in [2.75, 3.05) is 19.0 Å². The Morgan fingerprint density at radius 1 is 1.22 bits per heavy atom. The highest BCUT2D eigenvalue weighted by Crippen LogP contribution is 1.90. The van der Waals surface area contributed by atoms with Crippen LogP contribution in [0.5, 0.6) is 0 Å². The molecule has 0 fully saturated rings. The van der Waals surface area contributed by atoms with E-state index in [-0.39, 0.29) is 0 Å². The second kappa shape index (κ2) is 8.31. The third-order valence-electron chi connectivity index (χ3n) is 1.09. The summed E-state index contributed by atoms with van der Waals surface area (Å²) in [6.07, 6.45) is 3.49. The van der Waals surface area contributed by atoms with Crippen LogP contribution in [0, 0.1) is 0 Å². The third-order valence-corrected chi connectivity index (χ3v) is 1.41. The molecule has 2 heteroatoms. The number of rotatable bonds is 6. The maximum Gasteiger partial charge on any atom is 0.0473 e. The lowest BCUT2D eigenvalue weighted by Crippen LogP contribution is -1.96. The fourth-order valence-corrected chi connectivity index (χ4v) is 0.644. The van der Waals surface area contributed by atoms with Gasteiger partial charge in [0.2, 0.25) is 0 Å². The molecular weight excluding hydrogens is 132 g/mol. The van der Waals surface area contributed by atoms with Gasteiger partial charge >= 0.3 is 0 Å². The average molecular weight is 148 g/mol. The van der Waals surface area contributed by atoms with Crippen LogP contribution in [0.3, 0.4) is 0 Å². The summed E-state index contributed by atoms with van der Waals surface area (Å²) < 4.78 is 5.27. The predicted molar refractivity (Wildman–Crippen MR) is 44.2 cm³/mol. The molecule has 0 amide bonds. The standard InChI is InChI=1S/C7H16OS/c1-2-3-5-8-6-4-7-9/h9H,2-7H2,1H3. The zero-order valence-corrected chi connectivity index (χ0v) is 6.99. The van der Waals surface area contributed by atoms with E-state index in [4.69, 9.17) is 4.74 Å². The van der Waals surface area contributed by atoms with Gasteiger partial charge in [0.15, 0.2) is 0 Å². The van der Waals surface area contributed by atoms with Crippen LogP contribution in [0.25, 0.3) is 0 Å². The van der Waals surface area contributed by atoms with Crippen LogP contribution in [-0.4, -0.2) is 19.0 Å². The molecule has 0 spiro atoms. The summed E-state index contributed by atoms with van der Waals surface area (Å²) in [4.78, 5) is 0. The van der Waals surface area contributed by atoms with Crippen molar-refractivity contribution in [2.24, 2.45) is 0 Å². The Labute approximate surface area is 63.2 Å². The summed E-state index contributed by atoms with van der Waals surface area (Å²) in [6.45, 7) is 3.97. The molecule has 56 valence electrons. The molecule has 9 heavy (non-hydrogen) atoms. The van der Waals surface area contributed by atoms with Crippen LogP contribution in [0.1, 0.15) is 26.2 Å². The summed E-state index contributed by atoms with van der Waals surface area (Å²) >= 11 is 4.07. The quantitative estimate of drug-likeness (QED) is 0.448. The Morgan fingerprint density at radius 3 is 2.44 bits per heavy atom. The van der Waals surface area contributed by atoms with Crippen LogP contribution in [0.4, 0.5) is 0 Å². The summed E-state index contributed by atoms with van der Waals surface area (Å²) in [5, 5.41) is 0. The molecule has 0 aromatic carbocycles. The second-order valence-corrected chi connectivity index (χ2v) is 2.49. The van der Waals surface area contributed by atoms with Gasteiger partial charge in [0, 0.05) is 13.2 Å². The van der Waals surface area contributed by atoms with Crippen molar-refractivity contribution < 1.29 is 4.74 Å². The van der Waals surface area contributed by atoms with Gasteiger partial charge in [-0.3, -0.25) is 0 Å². The van der Waals surface area contributed by atoms with Gasteiger partial charge in [0.05, 0.1) is 0 Å². The summed E-state index contributed by atoms with van der Waals surface area (Å²) in [5.41, 5.74) is 0. The zero-order chi connectivity index (χ0) is 6.95. The number of ether oxygens (including phenoxy) is 1. The summed E-state index contributed by atoms with van der Waals surface area (Å²) in [7, 11) is 0. The number of hydrogen-bond acceptors (Lipinski definition) is 2. The maximum atomic E-state index is 5.27. The zero-order valence-electron chi connectivity index (χ0n) is 6.10. The third kappa shape index (κ3) is 8.31. The Balaban J connectivity index is 2.60. The van der Waals surface area contributed by atoms with Crippen molar-refractivity contribution in [3.8, 4) is 0 Å². The second-order valence-electron chi connectivity index (χ2n) is 2.04. The van der Waals surface area contributed by atoms with Gasteiger partial charge in [0.25, 0.3) is 0 Å². The van der Waals surface area contributed by atoms with Crippen molar-refractivity contribution in [3.63, 3.8) is 0 Å². The lowest BCUT2D eigenvalue weighted by Gasteiger charge is -1.99. The lowest BCUT2D eigenvalue weighted by atomic mass is 10.4. The van der Waals surface area contributed by atoms with Crippen molar-refractivity contribution in [2.45, 2.75) is 26.2 Å². The molecule has 0 unspecified atom stereocenters. The van der Waals surface area contributed by atoms with Crippen molar-refractivity contribution in [1.82, 2.24) is 0 Å². The van der Waals surface area contributed by atoms with Crippen LogP contribution in [-0.2, 0) is 4.74 Å². The van der Waals surface area contributed by atoms with Crippen LogP contribution >= 0.6 is 12.6 Å². The van der Waals surface area contributed by atoms with Gasteiger partial charge < -0.3 is 4.74 Å². The van der Waals surface area contributed by atoms with Crippen molar-refractivity contribution in [3.05, 3.63) is 0 Å². The van der Waals surface area contributed by atoms with E-state index in [2.05, 4.69) is 19.6 Å². The molecule has 0 aliphatic carbocycles. The van der Waals surface area contributed by atoms with E-state index < -0.39 is 0 Å². The smallest absolute Gasteiger partial charge is 0.0473 e. The summed E-state index contributed by atoms with van der Waals surface area (Å²) in [5.74, 6) is 0.937. The van der Waals surface area contributed by atoms with Crippen molar-refractivity contribution in [1.29, 1.82) is 0 Å². The van der Waals surface area contributed by atoms with Crippen LogP contribution < -0.4 is 0 Å². The Hall–Kier alpha value is 0.310. The molecule has 0 aromatic heterocycles. The Kier molecular flexibility index (Phi) is 8.60. The van der Waals surface area contributed by atoms with Gasteiger partial charge in [-0.25, -0.2) is 0 Å². The molecule has 0 saturated heterocycles. The normalized spacial score (nSPS) is 10.0. The van der Waals surface area contributed by atoms with Crippen LogP contribution in [0.2, 0.25) is 0 Å². The lowest BCUT2D eigenvalue weighted by molar-refractivity contribution is 0.132. The first-order valence-electron chi connectivity index (χ1n) is 3.60. The fourth-order valence-electron chi connectivity index (χ4n) is 0.515. The van der Waals surface area contributed by atoms with E-state index in [1.165, 1.54) is 12.8 Å². The number of unbranched alkanes of at least 4 members (excludes halogenated alkanes) is 1. The molecule has 0 heterocycles. The van der Waals surface area contributed by atoms with Crippen molar-refractivity contribution >= 4 is 12.6 Å². The molecule has 0 aliphatic rings. The first kappa shape index (κ1) is 9.31. The Bertz CT molecular complexity index is 42.2. The highest BCUT2D eigenvalue weighted by molar-refractivity contribution is 7.80. The fraction of sp³-hybridized carbons (Fsp3) is 1.00. The predicted octanol–water partition coefficient (Wildman–Crippen LogP) is 2.12. The minimum atomic E-state index is 0.878. The molecule has 0 aromatic rings. The Morgan fingerprint density at radius 2 is 1.89 bits per heavy atom. The molecule has 0 radical (unpaired) electrons. The molecule has 0 atom stereocenters. The monoisotopic (exact) mass is 148 g/mol. The van der Waals surface area contributed by atoms with E-state index in [1.54, 1.807) is 0 Å². The van der Waals surface area contributed by atoms with Gasteiger partial charge in [-0.15, -0.1) is 0 Å². The molecule has 1 nitrogen and oxygen atoms in total. The van der Waals surface area contributed by atoms with Gasteiger partial charge in [0.1, 0.15) is 0 Å².